The Bertz CT molecular complexity index is 3770. The van der Waals surface area contributed by atoms with E-state index in [0.717, 1.165) is 60.8 Å². The minimum atomic E-state index is 0.566. The average molecular weight is 733 g/mol. The van der Waals surface area contributed by atoms with E-state index in [-0.39, 0.29) is 0 Å². The number of benzene rings is 8. The number of furan rings is 1. The summed E-state index contributed by atoms with van der Waals surface area (Å²) in [4.78, 5) is 11.0. The van der Waals surface area contributed by atoms with Crippen molar-refractivity contribution >= 4 is 108 Å². The number of hydrogen-bond donors (Lipinski definition) is 0. The molecule has 0 spiro atoms. The third kappa shape index (κ3) is 3.98. The summed E-state index contributed by atoms with van der Waals surface area (Å²) in [6.45, 7) is 0. The normalized spacial score (nSPS) is 12.3. The lowest BCUT2D eigenvalue weighted by Crippen LogP contribution is -2.03. The molecule has 0 saturated heterocycles. The van der Waals surface area contributed by atoms with E-state index < -0.39 is 0 Å². The van der Waals surface area contributed by atoms with Crippen molar-refractivity contribution in [3.63, 3.8) is 0 Å². The van der Waals surface area contributed by atoms with Crippen molar-refractivity contribution in [2.45, 2.75) is 0 Å². The summed E-state index contributed by atoms with van der Waals surface area (Å²) in [6.07, 6.45) is 0. The van der Waals surface area contributed by atoms with Crippen LogP contribution in [0.3, 0.4) is 0 Å². The molecule has 0 atom stereocenters. The molecular formula is C50H28N4OS. The molecule has 0 saturated carbocycles. The van der Waals surface area contributed by atoms with Crippen LogP contribution in [-0.4, -0.2) is 19.1 Å². The molecule has 13 aromatic rings. The van der Waals surface area contributed by atoms with E-state index in [9.17, 15) is 0 Å². The largest absolute Gasteiger partial charge is 0.437 e. The number of hydrogen-bond acceptors (Lipinski definition) is 4. The van der Waals surface area contributed by atoms with Crippen molar-refractivity contribution < 1.29 is 4.42 Å². The van der Waals surface area contributed by atoms with Crippen LogP contribution < -0.4 is 0 Å². The molecule has 13 rings (SSSR count). The maximum Gasteiger partial charge on any atom is 0.238 e. The number of thiophene rings is 1. The van der Waals surface area contributed by atoms with Crippen molar-refractivity contribution in [3.8, 4) is 22.9 Å². The van der Waals surface area contributed by atoms with Crippen LogP contribution in [-0.2, 0) is 0 Å². The second kappa shape index (κ2) is 11.1. The first-order valence-corrected chi connectivity index (χ1v) is 19.7. The van der Waals surface area contributed by atoms with Gasteiger partial charge in [-0.2, -0.15) is 4.98 Å². The molecule has 0 unspecified atom stereocenters. The van der Waals surface area contributed by atoms with E-state index in [1.54, 1.807) is 0 Å². The highest BCUT2D eigenvalue weighted by atomic mass is 32.1. The molecule has 8 aromatic carbocycles. The Morgan fingerprint density at radius 3 is 1.93 bits per heavy atom. The smallest absolute Gasteiger partial charge is 0.238 e. The highest BCUT2D eigenvalue weighted by Crippen LogP contribution is 2.48. The van der Waals surface area contributed by atoms with E-state index in [1.807, 2.05) is 23.5 Å². The van der Waals surface area contributed by atoms with Crippen LogP contribution in [0.15, 0.2) is 174 Å². The molecule has 6 heteroatoms. The Labute approximate surface area is 322 Å². The summed E-state index contributed by atoms with van der Waals surface area (Å²) in [5.74, 6) is 0.580. The lowest BCUT2D eigenvalue weighted by molar-refractivity contribution is 0.651. The number of nitrogens with zero attached hydrogens (tertiary/aromatic N) is 4. The summed E-state index contributed by atoms with van der Waals surface area (Å²) < 4.78 is 13.8. The first-order chi connectivity index (χ1) is 27.8. The van der Waals surface area contributed by atoms with Gasteiger partial charge in [0.25, 0.3) is 0 Å². The molecule has 5 aromatic heterocycles. The summed E-state index contributed by atoms with van der Waals surface area (Å²) in [6, 6.07) is 60.4. The zero-order valence-corrected chi connectivity index (χ0v) is 30.6. The van der Waals surface area contributed by atoms with Crippen LogP contribution in [0.5, 0.6) is 0 Å². The predicted molar refractivity (Wildman–Crippen MR) is 234 cm³/mol. The Kier molecular flexibility index (Phi) is 5.98. The standard InChI is InChI=1S/C50H28N4OS/c1-2-14-30(15-3-1)53-38-22-10-6-16-31(38)37-28-29(26-27-40(37)53)46-44-35-20-8-12-24-41(35)55-49(44)52-50(51-46)54-39-23-11-7-19-34(39)43-32-17-4-5-18-33(32)48-45(47(43)54)36-21-9-13-25-42(36)56-48/h1-28H. The zero-order chi connectivity index (χ0) is 36.5. The third-order valence-electron chi connectivity index (χ3n) is 11.5. The van der Waals surface area contributed by atoms with E-state index in [1.165, 1.54) is 47.1 Å². The van der Waals surface area contributed by atoms with Crippen LogP contribution in [0.25, 0.3) is 120 Å². The molecule has 260 valence electrons. The minimum absolute atomic E-state index is 0.566. The number of aromatic nitrogens is 4. The third-order valence-corrected chi connectivity index (χ3v) is 12.7. The van der Waals surface area contributed by atoms with Gasteiger partial charge < -0.3 is 8.98 Å². The zero-order valence-electron chi connectivity index (χ0n) is 29.8. The average Bonchev–Trinajstić information content (AvgIpc) is 4.01. The Hall–Kier alpha value is -7.28. The summed E-state index contributed by atoms with van der Waals surface area (Å²) in [5.41, 5.74) is 8.80. The molecule has 56 heavy (non-hydrogen) atoms. The van der Waals surface area contributed by atoms with E-state index in [2.05, 4.69) is 167 Å². The van der Waals surface area contributed by atoms with E-state index in [4.69, 9.17) is 14.4 Å². The van der Waals surface area contributed by atoms with Crippen LogP contribution in [0.1, 0.15) is 0 Å². The molecule has 5 heterocycles. The maximum absolute atomic E-state index is 6.64. The van der Waals surface area contributed by atoms with Gasteiger partial charge in [-0.05, 0) is 53.9 Å². The molecule has 0 aliphatic rings. The van der Waals surface area contributed by atoms with Crippen molar-refractivity contribution in [3.05, 3.63) is 170 Å². The Morgan fingerprint density at radius 1 is 0.446 bits per heavy atom. The van der Waals surface area contributed by atoms with Gasteiger partial charge in [-0.1, -0.05) is 121 Å². The fourth-order valence-corrected chi connectivity index (χ4v) is 10.5. The Balaban J connectivity index is 1.18. The molecule has 0 aliphatic heterocycles. The van der Waals surface area contributed by atoms with Crippen LogP contribution in [0.4, 0.5) is 0 Å². The lowest BCUT2D eigenvalue weighted by atomic mass is 10.00. The van der Waals surface area contributed by atoms with E-state index in [0.29, 0.717) is 11.7 Å². The molecule has 0 N–H and O–H groups in total. The topological polar surface area (TPSA) is 48.8 Å². The number of fused-ring (bicyclic) bond motifs is 16. The monoisotopic (exact) mass is 732 g/mol. The molecular weight excluding hydrogens is 705 g/mol. The van der Waals surface area contributed by atoms with Crippen molar-refractivity contribution in [1.82, 2.24) is 19.1 Å². The fourth-order valence-electron chi connectivity index (χ4n) is 9.22. The second-order valence-corrected chi connectivity index (χ2v) is 15.5. The predicted octanol–water partition coefficient (Wildman–Crippen LogP) is 13.8. The van der Waals surface area contributed by atoms with Gasteiger partial charge in [-0.15, -0.1) is 11.3 Å². The minimum Gasteiger partial charge on any atom is -0.437 e. The quantitative estimate of drug-likeness (QED) is 0.182. The van der Waals surface area contributed by atoms with Gasteiger partial charge in [-0.25, -0.2) is 4.98 Å². The summed E-state index contributed by atoms with van der Waals surface area (Å²) in [7, 11) is 0. The van der Waals surface area contributed by atoms with E-state index >= 15 is 0 Å². The van der Waals surface area contributed by atoms with Gasteiger partial charge in [0.05, 0.1) is 33.1 Å². The lowest BCUT2D eigenvalue weighted by Gasteiger charge is -2.12. The van der Waals surface area contributed by atoms with Gasteiger partial charge in [-0.3, -0.25) is 4.57 Å². The first kappa shape index (κ1) is 30.1. The SMILES string of the molecule is c1ccc(-n2c3ccccc3c3cc(-c4nc(-n5c6ccccc6c6c7ccccc7c7sc8ccccc8c7c65)nc5oc6ccccc6c45)ccc32)cc1. The van der Waals surface area contributed by atoms with Crippen molar-refractivity contribution in [2.75, 3.05) is 0 Å². The van der Waals surface area contributed by atoms with Gasteiger partial charge in [0.2, 0.25) is 11.7 Å². The molecule has 0 aliphatic carbocycles. The van der Waals surface area contributed by atoms with Gasteiger partial charge in [0.1, 0.15) is 5.58 Å². The second-order valence-electron chi connectivity index (χ2n) is 14.5. The molecule has 0 fully saturated rings. The van der Waals surface area contributed by atoms with Gasteiger partial charge >= 0.3 is 0 Å². The van der Waals surface area contributed by atoms with Crippen LogP contribution >= 0.6 is 11.3 Å². The van der Waals surface area contributed by atoms with Gasteiger partial charge in [0.15, 0.2) is 0 Å². The van der Waals surface area contributed by atoms with Gasteiger partial charge in [0, 0.05) is 63.7 Å². The fraction of sp³-hybridized carbons (Fsp3) is 0. The van der Waals surface area contributed by atoms with Crippen molar-refractivity contribution in [1.29, 1.82) is 0 Å². The van der Waals surface area contributed by atoms with Crippen LogP contribution in [0, 0.1) is 0 Å². The Morgan fingerprint density at radius 2 is 1.09 bits per heavy atom. The molecule has 0 radical (unpaired) electrons. The number of rotatable bonds is 3. The highest BCUT2D eigenvalue weighted by molar-refractivity contribution is 7.27. The summed E-state index contributed by atoms with van der Waals surface area (Å²) >= 11 is 1.85. The molecule has 0 bridgehead atoms. The number of para-hydroxylation sites is 4. The van der Waals surface area contributed by atoms with Crippen LogP contribution in [0.2, 0.25) is 0 Å². The van der Waals surface area contributed by atoms with Crippen molar-refractivity contribution in [2.24, 2.45) is 0 Å². The highest BCUT2D eigenvalue weighted by Gasteiger charge is 2.25. The maximum atomic E-state index is 6.64. The first-order valence-electron chi connectivity index (χ1n) is 18.8. The molecule has 0 amide bonds. The molecule has 5 nitrogen and oxygen atoms in total. The summed E-state index contributed by atoms with van der Waals surface area (Å²) in [5, 5.41) is 11.6.